The van der Waals surface area contributed by atoms with Gasteiger partial charge in [-0.1, -0.05) is 12.1 Å². The van der Waals surface area contributed by atoms with E-state index >= 15 is 0 Å². The lowest BCUT2D eigenvalue weighted by molar-refractivity contribution is -0.277. The van der Waals surface area contributed by atoms with Crippen molar-refractivity contribution in [3.05, 3.63) is 60.2 Å². The van der Waals surface area contributed by atoms with Crippen LogP contribution in [0.3, 0.4) is 0 Å². The molecule has 5 atom stereocenters. The number of hydrogen-bond donors (Lipinski definition) is 6. The number of hydrogen-bond acceptors (Lipinski definition) is 8. The van der Waals surface area contributed by atoms with Crippen molar-refractivity contribution >= 4 is 17.7 Å². The van der Waals surface area contributed by atoms with Crippen LogP contribution in [0.15, 0.2) is 54.6 Å². The Bertz CT molecular complexity index is 866. The van der Waals surface area contributed by atoms with Gasteiger partial charge in [-0.2, -0.15) is 0 Å². The standard InChI is InChI=1S/C21H23NO8/c23-11-16-18(26)19(27)20(28)21(30-16)29-15-8-4-13(5-9-15)22-17(25)10-3-12-1-6-14(24)7-2-12/h1-10,16,18-21,23-24,26-28H,11H2,(H,22,25)/b10-3+/t16-,18-,19+,20-,21-/m1/s1. The second-order valence-electron chi connectivity index (χ2n) is 6.75. The average molecular weight is 417 g/mol. The summed E-state index contributed by atoms with van der Waals surface area (Å²) in [6.45, 7) is -0.548. The third-order valence-electron chi connectivity index (χ3n) is 4.54. The smallest absolute Gasteiger partial charge is 0.248 e. The first-order valence-electron chi connectivity index (χ1n) is 9.22. The molecular formula is C21H23NO8. The Kier molecular flexibility index (Phi) is 7.03. The van der Waals surface area contributed by atoms with E-state index in [0.29, 0.717) is 5.69 Å². The van der Waals surface area contributed by atoms with E-state index < -0.39 is 37.3 Å². The molecule has 30 heavy (non-hydrogen) atoms. The van der Waals surface area contributed by atoms with E-state index in [1.54, 1.807) is 30.3 Å². The number of anilines is 1. The Balaban J connectivity index is 1.56. The van der Waals surface area contributed by atoms with Crippen LogP contribution in [0.25, 0.3) is 6.08 Å². The van der Waals surface area contributed by atoms with Gasteiger partial charge in [-0.15, -0.1) is 0 Å². The van der Waals surface area contributed by atoms with Gasteiger partial charge in [-0.25, -0.2) is 0 Å². The lowest BCUT2D eigenvalue weighted by Crippen LogP contribution is -2.60. The summed E-state index contributed by atoms with van der Waals surface area (Å²) in [6.07, 6.45) is -3.89. The van der Waals surface area contributed by atoms with Crippen LogP contribution in [0.1, 0.15) is 5.56 Å². The highest BCUT2D eigenvalue weighted by Gasteiger charge is 2.44. The van der Waals surface area contributed by atoms with E-state index in [2.05, 4.69) is 5.32 Å². The molecule has 0 aromatic heterocycles. The number of amides is 1. The zero-order valence-corrected chi connectivity index (χ0v) is 15.8. The molecule has 9 heteroatoms. The number of ether oxygens (including phenoxy) is 2. The van der Waals surface area contributed by atoms with E-state index in [0.717, 1.165) is 5.56 Å². The van der Waals surface area contributed by atoms with Gasteiger partial charge < -0.3 is 40.3 Å². The summed E-state index contributed by atoms with van der Waals surface area (Å²) in [7, 11) is 0. The fraction of sp³-hybridized carbons (Fsp3) is 0.286. The van der Waals surface area contributed by atoms with Crippen molar-refractivity contribution in [3.63, 3.8) is 0 Å². The maximum atomic E-state index is 12.0. The Morgan fingerprint density at radius 3 is 2.30 bits per heavy atom. The van der Waals surface area contributed by atoms with Crippen LogP contribution in [0, 0.1) is 0 Å². The van der Waals surface area contributed by atoms with Crippen LogP contribution in [0.4, 0.5) is 5.69 Å². The molecule has 160 valence electrons. The molecule has 0 bridgehead atoms. The predicted molar refractivity (Wildman–Crippen MR) is 107 cm³/mol. The summed E-state index contributed by atoms with van der Waals surface area (Å²) < 4.78 is 10.8. The van der Waals surface area contributed by atoms with Gasteiger partial charge in [0.25, 0.3) is 0 Å². The number of aliphatic hydroxyl groups is 4. The molecule has 1 heterocycles. The largest absolute Gasteiger partial charge is 0.508 e. The van der Waals surface area contributed by atoms with Crippen molar-refractivity contribution in [3.8, 4) is 11.5 Å². The van der Waals surface area contributed by atoms with E-state index in [1.165, 1.54) is 30.3 Å². The molecule has 1 amide bonds. The summed E-state index contributed by atoms with van der Waals surface area (Å²) in [5.41, 5.74) is 1.25. The highest BCUT2D eigenvalue weighted by molar-refractivity contribution is 6.01. The van der Waals surface area contributed by atoms with Crippen molar-refractivity contribution in [2.45, 2.75) is 30.7 Å². The molecule has 6 N–H and O–H groups in total. The number of phenolic OH excluding ortho intramolecular Hbond substituents is 1. The molecule has 9 nitrogen and oxygen atoms in total. The van der Waals surface area contributed by atoms with Gasteiger partial charge in [0.2, 0.25) is 12.2 Å². The maximum Gasteiger partial charge on any atom is 0.248 e. The number of carbonyl (C=O) groups excluding carboxylic acids is 1. The van der Waals surface area contributed by atoms with Crippen LogP contribution >= 0.6 is 0 Å². The summed E-state index contributed by atoms with van der Waals surface area (Å²) >= 11 is 0. The van der Waals surface area contributed by atoms with Crippen molar-refractivity contribution in [2.24, 2.45) is 0 Å². The van der Waals surface area contributed by atoms with E-state index in [-0.39, 0.29) is 17.4 Å². The van der Waals surface area contributed by atoms with Gasteiger partial charge in [0.05, 0.1) is 6.61 Å². The molecule has 1 aliphatic rings. The number of aliphatic hydroxyl groups excluding tert-OH is 4. The molecule has 0 aliphatic carbocycles. The second kappa shape index (κ2) is 9.70. The Labute approximate surface area is 172 Å². The van der Waals surface area contributed by atoms with Crippen LogP contribution in [-0.4, -0.2) is 68.8 Å². The Morgan fingerprint density at radius 1 is 1.00 bits per heavy atom. The summed E-state index contributed by atoms with van der Waals surface area (Å²) in [5.74, 6) is 0.0743. The molecular weight excluding hydrogens is 394 g/mol. The molecule has 2 aromatic rings. The average Bonchev–Trinajstić information content (AvgIpc) is 2.75. The molecule has 0 saturated carbocycles. The number of benzene rings is 2. The maximum absolute atomic E-state index is 12.0. The van der Waals surface area contributed by atoms with Crippen molar-refractivity contribution in [1.29, 1.82) is 0 Å². The minimum absolute atomic E-state index is 0.141. The molecule has 0 spiro atoms. The zero-order valence-electron chi connectivity index (χ0n) is 15.8. The van der Waals surface area contributed by atoms with Crippen LogP contribution < -0.4 is 10.1 Å². The molecule has 1 aliphatic heterocycles. The quantitative estimate of drug-likeness (QED) is 0.366. The molecule has 3 rings (SSSR count). The normalized spacial score (nSPS) is 26.5. The number of phenols is 1. The monoisotopic (exact) mass is 417 g/mol. The highest BCUT2D eigenvalue weighted by Crippen LogP contribution is 2.25. The topological polar surface area (TPSA) is 149 Å². The summed E-state index contributed by atoms with van der Waals surface area (Å²) in [5, 5.41) is 50.7. The van der Waals surface area contributed by atoms with Crippen LogP contribution in [0.2, 0.25) is 0 Å². The SMILES string of the molecule is O=C(/C=C/c1ccc(O)cc1)Nc1ccc(O[C@@H]2O[C@H](CO)[C@@H](O)[C@H](O)[C@H]2O)cc1. The molecule has 0 radical (unpaired) electrons. The van der Waals surface area contributed by atoms with Crippen molar-refractivity contribution in [2.75, 3.05) is 11.9 Å². The zero-order chi connectivity index (χ0) is 21.7. The number of carbonyl (C=O) groups is 1. The Morgan fingerprint density at radius 2 is 1.67 bits per heavy atom. The molecule has 0 unspecified atom stereocenters. The first-order valence-corrected chi connectivity index (χ1v) is 9.22. The van der Waals surface area contributed by atoms with Gasteiger partial charge in [0.15, 0.2) is 0 Å². The first-order chi connectivity index (χ1) is 14.4. The predicted octanol–water partition coefficient (Wildman–Crippen LogP) is 0.223. The van der Waals surface area contributed by atoms with Crippen LogP contribution in [0.5, 0.6) is 11.5 Å². The van der Waals surface area contributed by atoms with Crippen LogP contribution in [-0.2, 0) is 9.53 Å². The molecule has 2 aromatic carbocycles. The van der Waals surface area contributed by atoms with Gasteiger partial charge in [0, 0.05) is 11.8 Å². The summed E-state index contributed by atoms with van der Waals surface area (Å²) in [6, 6.07) is 12.6. The summed E-state index contributed by atoms with van der Waals surface area (Å²) in [4.78, 5) is 12.0. The third kappa shape index (κ3) is 5.35. The lowest BCUT2D eigenvalue weighted by Gasteiger charge is -2.39. The van der Waals surface area contributed by atoms with Gasteiger partial charge in [-0.3, -0.25) is 4.79 Å². The van der Waals surface area contributed by atoms with E-state index in [9.17, 15) is 30.3 Å². The first kappa shape index (κ1) is 21.8. The van der Waals surface area contributed by atoms with E-state index in [4.69, 9.17) is 9.47 Å². The number of nitrogens with one attached hydrogen (secondary N) is 1. The van der Waals surface area contributed by atoms with Gasteiger partial charge in [0.1, 0.15) is 35.9 Å². The Hall–Kier alpha value is -2.95. The minimum atomic E-state index is -1.53. The fourth-order valence-electron chi connectivity index (χ4n) is 2.86. The molecule has 1 saturated heterocycles. The fourth-order valence-corrected chi connectivity index (χ4v) is 2.86. The van der Waals surface area contributed by atoms with E-state index in [1.807, 2.05) is 0 Å². The number of aromatic hydroxyl groups is 1. The third-order valence-corrected chi connectivity index (χ3v) is 4.54. The second-order valence-corrected chi connectivity index (χ2v) is 6.75. The van der Waals surface area contributed by atoms with Crippen molar-refractivity contribution < 1.29 is 39.8 Å². The number of rotatable bonds is 6. The van der Waals surface area contributed by atoms with Crippen molar-refractivity contribution in [1.82, 2.24) is 0 Å². The highest BCUT2D eigenvalue weighted by atomic mass is 16.7. The van der Waals surface area contributed by atoms with Gasteiger partial charge >= 0.3 is 0 Å². The molecule has 1 fully saturated rings. The minimum Gasteiger partial charge on any atom is -0.508 e. The lowest BCUT2D eigenvalue weighted by atomic mass is 9.99. The van der Waals surface area contributed by atoms with Gasteiger partial charge in [-0.05, 0) is 48.0 Å².